The highest BCUT2D eigenvalue weighted by molar-refractivity contribution is 6.08. The Morgan fingerprint density at radius 3 is 2.38 bits per heavy atom. The second-order valence-electron chi connectivity index (χ2n) is 7.12. The van der Waals surface area contributed by atoms with Crippen LogP contribution in [-0.4, -0.2) is 29.5 Å². The fourth-order valence-corrected chi connectivity index (χ4v) is 3.49. The van der Waals surface area contributed by atoms with Crippen molar-refractivity contribution in [2.24, 2.45) is 5.16 Å². The first-order chi connectivity index (χ1) is 15.0. The Balaban J connectivity index is 1.97. The Bertz CT molecular complexity index is 1140. The number of hydrogen-bond donors (Lipinski definition) is 3. The van der Waals surface area contributed by atoms with Crippen molar-refractivity contribution in [2.75, 3.05) is 10.6 Å². The molecule has 0 aromatic heterocycles. The number of benzene rings is 2. The van der Waals surface area contributed by atoms with Crippen molar-refractivity contribution >= 4 is 29.6 Å². The number of anilines is 2. The van der Waals surface area contributed by atoms with Crippen LogP contribution >= 0.6 is 0 Å². The van der Waals surface area contributed by atoms with E-state index in [2.05, 4.69) is 10.5 Å². The van der Waals surface area contributed by atoms with Gasteiger partial charge in [-0.15, -0.1) is 0 Å². The maximum absolute atomic E-state index is 13.8. The Hall–Kier alpha value is -4.07. The number of nitrogens with one attached hydrogen (secondary N) is 2. The molecular formula is C21H17F3N4O4. The van der Waals surface area contributed by atoms with Crippen LogP contribution in [0.4, 0.5) is 29.3 Å². The molecule has 3 rings (SSSR count). The molecule has 32 heavy (non-hydrogen) atoms. The standard InChI is InChI=1S/C21H17F3N4O4/c1-11-8-13(20(21(22,23)24)6-7-26-32-20)9-12(2)17(11)28-18(29)14-4-3-5-16(15(14)10-25)27-19(30)31/h3-5,7-9,27H,6H2,1-2H3,(H,28,29)(H,30,31). The average molecular weight is 446 g/mol. The van der Waals surface area contributed by atoms with Crippen molar-refractivity contribution in [1.82, 2.24) is 0 Å². The van der Waals surface area contributed by atoms with Gasteiger partial charge in [-0.3, -0.25) is 10.1 Å². The summed E-state index contributed by atoms with van der Waals surface area (Å²) in [6.07, 6.45) is -5.55. The van der Waals surface area contributed by atoms with Crippen LogP contribution in [0, 0.1) is 25.2 Å². The molecule has 166 valence electrons. The number of nitriles is 1. The van der Waals surface area contributed by atoms with Crippen LogP contribution in [-0.2, 0) is 10.4 Å². The zero-order valence-electron chi connectivity index (χ0n) is 16.9. The van der Waals surface area contributed by atoms with E-state index >= 15 is 0 Å². The van der Waals surface area contributed by atoms with Gasteiger partial charge in [0, 0.05) is 23.9 Å². The van der Waals surface area contributed by atoms with Crippen molar-refractivity contribution in [3.8, 4) is 6.07 Å². The van der Waals surface area contributed by atoms with E-state index in [9.17, 15) is 28.0 Å². The first kappa shape index (κ1) is 22.6. The SMILES string of the molecule is Cc1cc(C2(C(F)(F)F)CC=NO2)cc(C)c1NC(=O)c1cccc(NC(=O)O)c1C#N. The second kappa shape index (κ2) is 8.22. The summed E-state index contributed by atoms with van der Waals surface area (Å²) in [6, 6.07) is 8.38. The molecule has 2 aromatic rings. The molecule has 1 heterocycles. The van der Waals surface area contributed by atoms with Gasteiger partial charge in [0.15, 0.2) is 0 Å². The summed E-state index contributed by atoms with van der Waals surface area (Å²) in [5.41, 5.74) is -2.17. The first-order valence-electron chi connectivity index (χ1n) is 9.23. The van der Waals surface area contributed by atoms with Gasteiger partial charge < -0.3 is 15.3 Å². The number of carboxylic acid groups (broad SMARTS) is 1. The van der Waals surface area contributed by atoms with Crippen LogP contribution in [0.2, 0.25) is 0 Å². The van der Waals surface area contributed by atoms with Gasteiger partial charge in [0.2, 0.25) is 0 Å². The van der Waals surface area contributed by atoms with E-state index in [-0.39, 0.29) is 28.1 Å². The molecule has 2 aromatic carbocycles. The van der Waals surface area contributed by atoms with Crippen molar-refractivity contribution < 1.29 is 32.7 Å². The minimum Gasteiger partial charge on any atom is -0.465 e. The van der Waals surface area contributed by atoms with Gasteiger partial charge in [0.1, 0.15) is 6.07 Å². The van der Waals surface area contributed by atoms with Crippen LogP contribution in [0.15, 0.2) is 35.5 Å². The van der Waals surface area contributed by atoms with E-state index < -0.39 is 30.2 Å². The Morgan fingerprint density at radius 1 is 1.22 bits per heavy atom. The van der Waals surface area contributed by atoms with Gasteiger partial charge in [-0.2, -0.15) is 18.4 Å². The Morgan fingerprint density at radius 2 is 1.88 bits per heavy atom. The number of hydrogen-bond acceptors (Lipinski definition) is 5. The summed E-state index contributed by atoms with van der Waals surface area (Å²) < 4.78 is 41.3. The van der Waals surface area contributed by atoms with Crippen LogP contribution in [0.1, 0.15) is 39.0 Å². The van der Waals surface area contributed by atoms with E-state index in [1.54, 1.807) is 6.07 Å². The quantitative estimate of drug-likeness (QED) is 0.629. The molecule has 1 unspecified atom stereocenters. The molecule has 8 nitrogen and oxygen atoms in total. The molecule has 2 amide bonds. The lowest BCUT2D eigenvalue weighted by Gasteiger charge is -2.30. The molecule has 1 atom stereocenters. The molecule has 0 saturated carbocycles. The van der Waals surface area contributed by atoms with Crippen LogP contribution < -0.4 is 10.6 Å². The first-order valence-corrected chi connectivity index (χ1v) is 9.23. The third kappa shape index (κ3) is 3.94. The molecule has 11 heteroatoms. The monoisotopic (exact) mass is 446 g/mol. The van der Waals surface area contributed by atoms with Gasteiger partial charge in [-0.1, -0.05) is 11.2 Å². The van der Waals surface area contributed by atoms with E-state index in [0.717, 1.165) is 6.21 Å². The Kier molecular flexibility index (Phi) is 5.81. The number of halogens is 3. The summed E-state index contributed by atoms with van der Waals surface area (Å²) in [7, 11) is 0. The molecule has 3 N–H and O–H groups in total. The zero-order valence-corrected chi connectivity index (χ0v) is 16.9. The minimum atomic E-state index is -4.72. The second-order valence-corrected chi connectivity index (χ2v) is 7.12. The van der Waals surface area contributed by atoms with E-state index in [0.29, 0.717) is 11.1 Å². The third-order valence-corrected chi connectivity index (χ3v) is 5.02. The summed E-state index contributed by atoms with van der Waals surface area (Å²) in [5.74, 6) is -0.722. The molecule has 0 spiro atoms. The predicted molar refractivity (Wildman–Crippen MR) is 109 cm³/mol. The lowest BCUT2D eigenvalue weighted by Crippen LogP contribution is -2.42. The average Bonchev–Trinajstić information content (AvgIpc) is 3.21. The van der Waals surface area contributed by atoms with Gasteiger partial charge in [-0.25, -0.2) is 4.79 Å². The lowest BCUT2D eigenvalue weighted by molar-refractivity contribution is -0.275. The fourth-order valence-electron chi connectivity index (χ4n) is 3.49. The number of alkyl halides is 3. The topological polar surface area (TPSA) is 124 Å². The summed E-state index contributed by atoms with van der Waals surface area (Å²) >= 11 is 0. The number of rotatable bonds is 4. The van der Waals surface area contributed by atoms with Crippen molar-refractivity contribution in [1.29, 1.82) is 5.26 Å². The molecular weight excluding hydrogens is 429 g/mol. The van der Waals surface area contributed by atoms with Crippen LogP contribution in [0.5, 0.6) is 0 Å². The number of amides is 2. The summed E-state index contributed by atoms with van der Waals surface area (Å²) in [4.78, 5) is 28.5. The Labute approximate surface area is 180 Å². The number of oxime groups is 1. The normalized spacial score (nSPS) is 17.4. The van der Waals surface area contributed by atoms with Crippen molar-refractivity contribution in [3.63, 3.8) is 0 Å². The fraction of sp³-hybridized carbons (Fsp3) is 0.238. The smallest absolute Gasteiger partial charge is 0.435 e. The maximum atomic E-state index is 13.8. The summed E-state index contributed by atoms with van der Waals surface area (Å²) in [6.45, 7) is 3.05. The maximum Gasteiger partial charge on any atom is 0.435 e. The van der Waals surface area contributed by atoms with Crippen LogP contribution in [0.3, 0.4) is 0 Å². The molecule has 0 aliphatic carbocycles. The third-order valence-electron chi connectivity index (χ3n) is 5.02. The molecule has 0 fully saturated rings. The minimum absolute atomic E-state index is 0.0676. The highest BCUT2D eigenvalue weighted by atomic mass is 19.4. The number of carbonyl (C=O) groups excluding carboxylic acids is 1. The molecule has 1 aliphatic rings. The van der Waals surface area contributed by atoms with Crippen molar-refractivity contribution in [2.45, 2.75) is 32.0 Å². The van der Waals surface area contributed by atoms with E-state index in [1.807, 2.05) is 5.32 Å². The molecule has 0 bridgehead atoms. The number of carbonyl (C=O) groups is 2. The van der Waals surface area contributed by atoms with Gasteiger partial charge >= 0.3 is 12.3 Å². The molecule has 0 radical (unpaired) electrons. The predicted octanol–water partition coefficient (Wildman–Crippen LogP) is 4.68. The van der Waals surface area contributed by atoms with E-state index in [1.165, 1.54) is 44.2 Å². The highest BCUT2D eigenvalue weighted by Crippen LogP contribution is 2.47. The molecule has 1 aliphatic heterocycles. The van der Waals surface area contributed by atoms with Gasteiger partial charge in [0.05, 0.1) is 16.8 Å². The van der Waals surface area contributed by atoms with E-state index in [4.69, 9.17) is 9.94 Å². The molecule has 0 saturated heterocycles. The number of nitrogens with zero attached hydrogens (tertiary/aromatic N) is 2. The van der Waals surface area contributed by atoms with Crippen molar-refractivity contribution in [3.05, 3.63) is 58.1 Å². The zero-order chi connectivity index (χ0) is 23.7. The number of aryl methyl sites for hydroxylation is 2. The lowest BCUT2D eigenvalue weighted by atomic mass is 9.87. The largest absolute Gasteiger partial charge is 0.465 e. The van der Waals surface area contributed by atoms with Gasteiger partial charge in [-0.05, 0) is 49.2 Å². The summed E-state index contributed by atoms with van der Waals surface area (Å²) in [5, 5.41) is 26.3. The highest BCUT2D eigenvalue weighted by Gasteiger charge is 2.60. The van der Waals surface area contributed by atoms with Gasteiger partial charge in [0.25, 0.3) is 11.5 Å². The van der Waals surface area contributed by atoms with Crippen LogP contribution in [0.25, 0.3) is 0 Å².